The van der Waals surface area contributed by atoms with E-state index in [1.807, 2.05) is 19.9 Å². The molecule has 0 spiro atoms. The number of sulfonamides is 1. The van der Waals surface area contributed by atoms with Crippen LogP contribution < -0.4 is 5.32 Å². The lowest BCUT2D eigenvalue weighted by Crippen LogP contribution is -2.40. The van der Waals surface area contributed by atoms with Crippen LogP contribution in [0.2, 0.25) is 15.1 Å². The van der Waals surface area contributed by atoms with Crippen molar-refractivity contribution in [1.29, 1.82) is 0 Å². The van der Waals surface area contributed by atoms with E-state index >= 15 is 0 Å². The number of nitrogens with zero attached hydrogens (tertiary/aromatic N) is 1. The molecule has 1 heterocycles. The molecule has 1 fully saturated rings. The molecule has 0 atom stereocenters. The number of hydrogen-bond acceptors (Lipinski definition) is 4. The van der Waals surface area contributed by atoms with Crippen molar-refractivity contribution in [3.05, 3.63) is 56.0 Å². The van der Waals surface area contributed by atoms with E-state index < -0.39 is 15.9 Å². The molecule has 1 aliphatic rings. The molecule has 2 aromatic rings. The van der Waals surface area contributed by atoms with Gasteiger partial charge in [-0.3, -0.25) is 4.79 Å². The molecule has 0 unspecified atom stereocenters. The third kappa shape index (κ3) is 4.71. The highest BCUT2D eigenvalue weighted by molar-refractivity contribution is 7.89. The number of carbonyl (C=O) groups is 1. The van der Waals surface area contributed by atoms with E-state index in [-0.39, 0.29) is 33.6 Å². The minimum Gasteiger partial charge on any atom is -0.379 e. The Morgan fingerprint density at radius 3 is 2.28 bits per heavy atom. The standard InChI is InChI=1S/C19H19Cl3N2O4S/c1-11-7-12(2)18(16(22)8-11)23-19(25)13-9-17(15(21)10-14(13)20)29(26,27)24-3-5-28-6-4-24/h7-10H,3-6H2,1-2H3,(H,23,25). The molecule has 0 radical (unpaired) electrons. The average molecular weight is 478 g/mol. The number of aryl methyl sites for hydroxylation is 2. The second kappa shape index (κ2) is 8.79. The minimum atomic E-state index is -3.90. The highest BCUT2D eigenvalue weighted by Gasteiger charge is 2.30. The molecule has 0 aromatic heterocycles. The summed E-state index contributed by atoms with van der Waals surface area (Å²) >= 11 is 18.6. The van der Waals surface area contributed by atoms with Crippen molar-refractivity contribution in [2.24, 2.45) is 0 Å². The summed E-state index contributed by atoms with van der Waals surface area (Å²) in [5, 5.41) is 3.07. The molecule has 0 bridgehead atoms. The highest BCUT2D eigenvalue weighted by Crippen LogP contribution is 2.33. The Labute approximate surface area is 184 Å². The van der Waals surface area contributed by atoms with Gasteiger partial charge in [-0.15, -0.1) is 0 Å². The monoisotopic (exact) mass is 476 g/mol. The fraction of sp³-hybridized carbons (Fsp3) is 0.316. The second-order valence-corrected chi connectivity index (χ2v) is 9.80. The zero-order valence-corrected chi connectivity index (χ0v) is 18.8. The molecule has 1 saturated heterocycles. The van der Waals surface area contributed by atoms with Crippen molar-refractivity contribution >= 4 is 56.4 Å². The van der Waals surface area contributed by atoms with Gasteiger partial charge in [0, 0.05) is 13.1 Å². The fourth-order valence-corrected chi connectivity index (χ4v) is 5.69. The predicted molar refractivity (Wildman–Crippen MR) is 115 cm³/mol. The number of nitrogens with one attached hydrogen (secondary N) is 1. The topological polar surface area (TPSA) is 75.7 Å². The summed E-state index contributed by atoms with van der Waals surface area (Å²) in [6.07, 6.45) is 0. The number of hydrogen-bond donors (Lipinski definition) is 1. The van der Waals surface area contributed by atoms with Crippen LogP contribution in [0.4, 0.5) is 5.69 Å². The van der Waals surface area contributed by atoms with Gasteiger partial charge in [0.15, 0.2) is 0 Å². The fourth-order valence-electron chi connectivity index (χ4n) is 3.08. The Morgan fingerprint density at radius 2 is 1.66 bits per heavy atom. The van der Waals surface area contributed by atoms with E-state index in [0.717, 1.165) is 11.1 Å². The summed E-state index contributed by atoms with van der Waals surface area (Å²) < 4.78 is 32.5. The lowest BCUT2D eigenvalue weighted by Gasteiger charge is -2.26. The second-order valence-electron chi connectivity index (χ2n) is 6.67. The van der Waals surface area contributed by atoms with Crippen LogP contribution in [0.25, 0.3) is 0 Å². The van der Waals surface area contributed by atoms with Crippen LogP contribution in [0.5, 0.6) is 0 Å². The number of carbonyl (C=O) groups excluding carboxylic acids is 1. The molecular weight excluding hydrogens is 459 g/mol. The third-order valence-corrected chi connectivity index (χ3v) is 7.50. The molecule has 2 aromatic carbocycles. The van der Waals surface area contributed by atoms with Gasteiger partial charge >= 0.3 is 0 Å². The number of halogens is 3. The number of amides is 1. The van der Waals surface area contributed by atoms with Gasteiger partial charge in [0.25, 0.3) is 5.91 Å². The van der Waals surface area contributed by atoms with Gasteiger partial charge in [0.1, 0.15) is 4.90 Å². The normalized spacial score (nSPS) is 15.3. The first-order chi connectivity index (χ1) is 13.6. The van der Waals surface area contributed by atoms with Crippen molar-refractivity contribution in [3.63, 3.8) is 0 Å². The van der Waals surface area contributed by atoms with Crippen LogP contribution in [0.1, 0.15) is 21.5 Å². The van der Waals surface area contributed by atoms with Crippen LogP contribution in [-0.4, -0.2) is 44.9 Å². The molecule has 0 saturated carbocycles. The van der Waals surface area contributed by atoms with Crippen molar-refractivity contribution in [2.45, 2.75) is 18.7 Å². The quantitative estimate of drug-likeness (QED) is 0.701. The maximum Gasteiger partial charge on any atom is 0.257 e. The molecule has 3 rings (SSSR count). The van der Waals surface area contributed by atoms with Crippen LogP contribution in [0, 0.1) is 13.8 Å². The zero-order valence-electron chi connectivity index (χ0n) is 15.8. The van der Waals surface area contributed by atoms with Crippen molar-refractivity contribution < 1.29 is 17.9 Å². The number of morpholine rings is 1. The van der Waals surface area contributed by atoms with Crippen LogP contribution >= 0.6 is 34.8 Å². The molecule has 1 amide bonds. The number of ether oxygens (including phenoxy) is 1. The Kier molecular flexibility index (Phi) is 6.77. The minimum absolute atomic E-state index is 0.0149. The Bertz CT molecular complexity index is 1040. The van der Waals surface area contributed by atoms with Gasteiger partial charge < -0.3 is 10.1 Å². The predicted octanol–water partition coefficient (Wildman–Crippen LogP) is 4.54. The smallest absolute Gasteiger partial charge is 0.257 e. The summed E-state index contributed by atoms with van der Waals surface area (Å²) in [7, 11) is -3.90. The summed E-state index contributed by atoms with van der Waals surface area (Å²) in [5.41, 5.74) is 2.15. The summed E-state index contributed by atoms with van der Waals surface area (Å²) in [4.78, 5) is 12.7. The van der Waals surface area contributed by atoms with E-state index in [1.54, 1.807) is 6.07 Å². The van der Waals surface area contributed by atoms with Crippen molar-refractivity contribution in [2.75, 3.05) is 31.6 Å². The van der Waals surface area contributed by atoms with E-state index in [2.05, 4.69) is 5.32 Å². The van der Waals surface area contributed by atoms with Crippen LogP contribution in [0.3, 0.4) is 0 Å². The molecule has 156 valence electrons. The molecule has 29 heavy (non-hydrogen) atoms. The summed E-state index contributed by atoms with van der Waals surface area (Å²) in [5.74, 6) is -0.584. The van der Waals surface area contributed by atoms with Gasteiger partial charge in [0.05, 0.1) is 39.5 Å². The molecular formula is C19H19Cl3N2O4S. The van der Waals surface area contributed by atoms with Gasteiger partial charge in [0.2, 0.25) is 10.0 Å². The average Bonchev–Trinajstić information content (AvgIpc) is 2.65. The zero-order chi connectivity index (χ0) is 21.3. The van der Waals surface area contributed by atoms with Crippen LogP contribution in [-0.2, 0) is 14.8 Å². The first-order valence-electron chi connectivity index (χ1n) is 8.76. The van der Waals surface area contributed by atoms with Gasteiger partial charge in [-0.05, 0) is 43.2 Å². The van der Waals surface area contributed by atoms with Crippen molar-refractivity contribution in [3.8, 4) is 0 Å². The summed E-state index contributed by atoms with van der Waals surface area (Å²) in [6.45, 7) is 4.71. The summed E-state index contributed by atoms with van der Waals surface area (Å²) in [6, 6.07) is 6.05. The molecule has 0 aliphatic carbocycles. The van der Waals surface area contributed by atoms with E-state index in [1.165, 1.54) is 16.4 Å². The van der Waals surface area contributed by atoms with E-state index in [4.69, 9.17) is 39.5 Å². The van der Waals surface area contributed by atoms with Crippen molar-refractivity contribution in [1.82, 2.24) is 4.31 Å². The first-order valence-corrected chi connectivity index (χ1v) is 11.3. The lowest BCUT2D eigenvalue weighted by atomic mass is 10.1. The maximum atomic E-state index is 13.0. The number of benzene rings is 2. The number of anilines is 1. The largest absolute Gasteiger partial charge is 0.379 e. The van der Waals surface area contributed by atoms with E-state index in [0.29, 0.717) is 23.9 Å². The SMILES string of the molecule is Cc1cc(C)c(NC(=O)c2cc(S(=O)(=O)N3CCOCC3)c(Cl)cc2Cl)c(Cl)c1. The molecule has 6 nitrogen and oxygen atoms in total. The first kappa shape index (κ1) is 22.3. The Hall–Kier alpha value is -1.35. The lowest BCUT2D eigenvalue weighted by molar-refractivity contribution is 0.0730. The van der Waals surface area contributed by atoms with E-state index in [9.17, 15) is 13.2 Å². The molecule has 1 N–H and O–H groups in total. The Balaban J connectivity index is 1.98. The Morgan fingerprint density at radius 1 is 1.00 bits per heavy atom. The molecule has 1 aliphatic heterocycles. The molecule has 10 heteroatoms. The van der Waals surface area contributed by atoms with Gasteiger partial charge in [-0.1, -0.05) is 40.9 Å². The highest BCUT2D eigenvalue weighted by atomic mass is 35.5. The maximum absolute atomic E-state index is 13.0. The van der Waals surface area contributed by atoms with Crippen LogP contribution in [0.15, 0.2) is 29.2 Å². The van der Waals surface area contributed by atoms with Gasteiger partial charge in [-0.2, -0.15) is 4.31 Å². The third-order valence-electron chi connectivity index (χ3n) is 4.52. The number of rotatable bonds is 4. The van der Waals surface area contributed by atoms with Gasteiger partial charge in [-0.25, -0.2) is 8.42 Å².